The van der Waals surface area contributed by atoms with Gasteiger partial charge in [0, 0.05) is 43.3 Å². The summed E-state index contributed by atoms with van der Waals surface area (Å²) in [5.74, 6) is -0.530. The summed E-state index contributed by atoms with van der Waals surface area (Å²) in [7, 11) is 0. The number of imidazole rings is 1. The molecule has 1 aliphatic heterocycles. The third-order valence-electron chi connectivity index (χ3n) is 4.43. The average Bonchev–Trinajstić information content (AvgIpc) is 3.03. The number of carboxylic acid groups (broad SMARTS) is 1. The lowest BCUT2D eigenvalue weighted by Gasteiger charge is -2.28. The molecule has 1 aliphatic rings. The van der Waals surface area contributed by atoms with Crippen LogP contribution in [0.25, 0.3) is 17.0 Å². The number of aryl methyl sites for hydroxylation is 1. The molecule has 0 radical (unpaired) electrons. The fraction of sp³-hybridized carbons (Fsp3) is 0.222. The molecule has 1 aromatic carbocycles. The van der Waals surface area contributed by atoms with Crippen LogP contribution >= 0.6 is 0 Å². The van der Waals surface area contributed by atoms with Gasteiger partial charge in [0.15, 0.2) is 0 Å². The second-order valence-corrected chi connectivity index (χ2v) is 6.10. The van der Waals surface area contributed by atoms with E-state index in [9.17, 15) is 9.59 Å². The smallest absolute Gasteiger partial charge is 0.338 e. The van der Waals surface area contributed by atoms with Gasteiger partial charge in [-0.1, -0.05) is 6.07 Å². The molecule has 0 saturated carbocycles. The number of carboxylic acids is 1. The number of nitrogens with zero attached hydrogens (tertiary/aromatic N) is 4. The molecule has 126 valence electrons. The molecule has 4 rings (SSSR count). The maximum atomic E-state index is 11.8. The summed E-state index contributed by atoms with van der Waals surface area (Å²) in [6.45, 7) is 2.33. The molecule has 7 nitrogen and oxygen atoms in total. The molecule has 0 unspecified atom stereocenters. The normalized spacial score (nSPS) is 13.7. The predicted molar refractivity (Wildman–Crippen MR) is 91.7 cm³/mol. The number of anilines is 1. The average molecular weight is 336 g/mol. The highest BCUT2D eigenvalue weighted by molar-refractivity contribution is 5.93. The lowest BCUT2D eigenvalue weighted by molar-refractivity contribution is -0.116. The van der Waals surface area contributed by atoms with Crippen LogP contribution in [0.15, 0.2) is 36.8 Å². The zero-order valence-electron chi connectivity index (χ0n) is 13.6. The van der Waals surface area contributed by atoms with Crippen molar-refractivity contribution in [3.05, 3.63) is 47.9 Å². The Morgan fingerprint density at radius 2 is 2.08 bits per heavy atom. The maximum absolute atomic E-state index is 11.8. The first-order chi connectivity index (χ1) is 12.0. The Bertz CT molecular complexity index is 1010. The van der Waals surface area contributed by atoms with E-state index in [1.807, 2.05) is 18.2 Å². The lowest BCUT2D eigenvalue weighted by Crippen LogP contribution is -2.33. The topological polar surface area (TPSA) is 87.8 Å². The van der Waals surface area contributed by atoms with Gasteiger partial charge < -0.3 is 10.0 Å². The molecule has 3 aromatic rings. The first-order valence-electron chi connectivity index (χ1n) is 8.02. The van der Waals surface area contributed by atoms with Crippen LogP contribution in [0, 0.1) is 0 Å². The van der Waals surface area contributed by atoms with Gasteiger partial charge in [0.2, 0.25) is 11.7 Å². The van der Waals surface area contributed by atoms with Crippen molar-refractivity contribution < 1.29 is 14.7 Å². The van der Waals surface area contributed by atoms with E-state index in [-0.39, 0.29) is 11.5 Å². The lowest BCUT2D eigenvalue weighted by atomic mass is 9.98. The molecule has 0 aliphatic carbocycles. The van der Waals surface area contributed by atoms with Gasteiger partial charge in [-0.15, -0.1) is 0 Å². The highest BCUT2D eigenvalue weighted by Gasteiger charge is 2.20. The second-order valence-electron chi connectivity index (χ2n) is 6.10. The third kappa shape index (κ3) is 2.63. The Kier molecular flexibility index (Phi) is 3.49. The van der Waals surface area contributed by atoms with Gasteiger partial charge in [-0.3, -0.25) is 9.20 Å². The SMILES string of the molecule is CC(=O)N1CCCc2cc(-c3cn4cc(C(=O)O)cnc4n3)ccc21. The Balaban J connectivity index is 1.76. The number of rotatable bonds is 2. The first kappa shape index (κ1) is 15.3. The number of fused-ring (bicyclic) bond motifs is 2. The molecule has 25 heavy (non-hydrogen) atoms. The number of benzene rings is 1. The van der Waals surface area contributed by atoms with Crippen molar-refractivity contribution >= 4 is 23.3 Å². The number of carbonyl (C=O) groups is 2. The maximum Gasteiger partial charge on any atom is 0.338 e. The third-order valence-corrected chi connectivity index (χ3v) is 4.43. The van der Waals surface area contributed by atoms with E-state index in [4.69, 9.17) is 5.11 Å². The van der Waals surface area contributed by atoms with Crippen LogP contribution in [-0.4, -0.2) is 37.9 Å². The summed E-state index contributed by atoms with van der Waals surface area (Å²) in [6.07, 6.45) is 6.41. The van der Waals surface area contributed by atoms with E-state index < -0.39 is 5.97 Å². The van der Waals surface area contributed by atoms with Crippen molar-refractivity contribution in [1.82, 2.24) is 14.4 Å². The standard InChI is InChI=1S/C18H16N4O3/c1-11(23)22-6-2-3-13-7-12(4-5-16(13)22)15-10-21-9-14(17(24)25)8-19-18(21)20-15/h4-5,7-10H,2-3,6H2,1H3,(H,24,25). The van der Waals surface area contributed by atoms with Crippen molar-refractivity contribution in [2.45, 2.75) is 19.8 Å². The molecule has 1 N–H and O–H groups in total. The summed E-state index contributed by atoms with van der Waals surface area (Å²) in [6, 6.07) is 5.93. The second kappa shape index (κ2) is 5.70. The largest absolute Gasteiger partial charge is 0.478 e. The van der Waals surface area contributed by atoms with Crippen molar-refractivity contribution in [3.8, 4) is 11.3 Å². The molecule has 0 spiro atoms. The van der Waals surface area contributed by atoms with Crippen molar-refractivity contribution in [2.75, 3.05) is 11.4 Å². The molecule has 0 bridgehead atoms. The molecule has 0 atom stereocenters. The van der Waals surface area contributed by atoms with Gasteiger partial charge >= 0.3 is 5.97 Å². The number of hydrogen-bond acceptors (Lipinski definition) is 4. The van der Waals surface area contributed by atoms with E-state index in [0.717, 1.165) is 41.9 Å². The minimum atomic E-state index is -1.03. The van der Waals surface area contributed by atoms with Gasteiger partial charge in [-0.25, -0.2) is 14.8 Å². The number of amides is 1. The number of carbonyl (C=O) groups excluding carboxylic acids is 1. The van der Waals surface area contributed by atoms with Gasteiger partial charge in [0.1, 0.15) is 0 Å². The Morgan fingerprint density at radius 1 is 1.24 bits per heavy atom. The van der Waals surface area contributed by atoms with Crippen LogP contribution < -0.4 is 4.90 Å². The zero-order chi connectivity index (χ0) is 17.6. The monoisotopic (exact) mass is 336 g/mol. The number of aromatic carboxylic acids is 1. The van der Waals surface area contributed by atoms with Gasteiger partial charge in [0.05, 0.1) is 11.3 Å². The van der Waals surface area contributed by atoms with Gasteiger partial charge in [0.25, 0.3) is 0 Å². The van der Waals surface area contributed by atoms with E-state index >= 15 is 0 Å². The minimum absolute atomic E-state index is 0.0480. The minimum Gasteiger partial charge on any atom is -0.478 e. The van der Waals surface area contributed by atoms with E-state index in [1.54, 1.807) is 22.4 Å². The fourth-order valence-electron chi connectivity index (χ4n) is 3.22. The summed E-state index contributed by atoms with van der Waals surface area (Å²) in [5, 5.41) is 9.06. The quantitative estimate of drug-likeness (QED) is 0.776. The van der Waals surface area contributed by atoms with E-state index in [2.05, 4.69) is 9.97 Å². The molecule has 2 aromatic heterocycles. The van der Waals surface area contributed by atoms with Crippen molar-refractivity contribution in [1.29, 1.82) is 0 Å². The van der Waals surface area contributed by atoms with Crippen LogP contribution in [0.4, 0.5) is 5.69 Å². The van der Waals surface area contributed by atoms with Crippen LogP contribution in [0.5, 0.6) is 0 Å². The Labute approximate surface area is 143 Å². The van der Waals surface area contributed by atoms with E-state index in [1.165, 1.54) is 12.4 Å². The number of hydrogen-bond donors (Lipinski definition) is 1. The predicted octanol–water partition coefficient (Wildman–Crippen LogP) is 2.39. The molecule has 0 fully saturated rings. The van der Waals surface area contributed by atoms with Crippen molar-refractivity contribution in [3.63, 3.8) is 0 Å². The van der Waals surface area contributed by atoms with Gasteiger partial charge in [-0.05, 0) is 30.5 Å². The van der Waals surface area contributed by atoms with Crippen LogP contribution in [0.1, 0.15) is 29.3 Å². The summed E-state index contributed by atoms with van der Waals surface area (Å²) < 4.78 is 1.61. The molecule has 0 saturated heterocycles. The van der Waals surface area contributed by atoms with Crippen LogP contribution in [0.3, 0.4) is 0 Å². The summed E-state index contributed by atoms with van der Waals surface area (Å²) >= 11 is 0. The van der Waals surface area contributed by atoms with Gasteiger partial charge in [-0.2, -0.15) is 0 Å². The number of aromatic nitrogens is 3. The van der Waals surface area contributed by atoms with Crippen molar-refractivity contribution in [2.24, 2.45) is 0 Å². The molecular formula is C18H16N4O3. The molecule has 3 heterocycles. The summed E-state index contributed by atoms with van der Waals surface area (Å²) in [5.41, 5.74) is 3.83. The summed E-state index contributed by atoms with van der Waals surface area (Å²) in [4.78, 5) is 33.2. The fourth-order valence-corrected chi connectivity index (χ4v) is 3.22. The van der Waals surface area contributed by atoms with Crippen LogP contribution in [0.2, 0.25) is 0 Å². The zero-order valence-corrected chi connectivity index (χ0v) is 13.6. The van der Waals surface area contributed by atoms with Crippen LogP contribution in [-0.2, 0) is 11.2 Å². The Hall–Kier alpha value is -3.22. The van der Waals surface area contributed by atoms with E-state index in [0.29, 0.717) is 5.78 Å². The highest BCUT2D eigenvalue weighted by atomic mass is 16.4. The Morgan fingerprint density at radius 3 is 2.84 bits per heavy atom. The first-order valence-corrected chi connectivity index (χ1v) is 8.02. The molecule has 1 amide bonds. The highest BCUT2D eigenvalue weighted by Crippen LogP contribution is 2.31. The molecular weight excluding hydrogens is 320 g/mol. The molecule has 7 heteroatoms.